The fraction of sp³-hybridized carbons (Fsp3) is 0.214. The summed E-state index contributed by atoms with van der Waals surface area (Å²) in [6, 6.07) is 6.01. The fourth-order valence-electron chi connectivity index (χ4n) is 1.81. The van der Waals surface area contributed by atoms with Crippen LogP contribution in [0.15, 0.2) is 36.7 Å². The van der Waals surface area contributed by atoms with Crippen molar-refractivity contribution in [3.05, 3.63) is 42.2 Å². The molecule has 0 saturated heterocycles. The van der Waals surface area contributed by atoms with Crippen molar-refractivity contribution in [1.82, 2.24) is 9.78 Å². The first-order valence-corrected chi connectivity index (χ1v) is 6.38. The Kier molecular flexibility index (Phi) is 4.34. The predicted molar refractivity (Wildman–Crippen MR) is 79.5 cm³/mol. The molecule has 1 heterocycles. The highest BCUT2D eigenvalue weighted by molar-refractivity contribution is 5.95. The molecule has 0 aliphatic carbocycles. The molecule has 4 N–H and O–H groups in total. The molecule has 0 fully saturated rings. The van der Waals surface area contributed by atoms with E-state index in [1.54, 1.807) is 48.4 Å². The SMILES string of the molecule is CC(=O)Nc1ccc(NC(=O)C(N)c2cnn(C)c2)cc1. The zero-order valence-electron chi connectivity index (χ0n) is 11.8. The summed E-state index contributed by atoms with van der Waals surface area (Å²) >= 11 is 0. The highest BCUT2D eigenvalue weighted by Gasteiger charge is 2.17. The van der Waals surface area contributed by atoms with Gasteiger partial charge in [0.05, 0.1) is 6.20 Å². The number of nitrogens with two attached hydrogens (primary N) is 1. The van der Waals surface area contributed by atoms with E-state index in [1.807, 2.05) is 0 Å². The van der Waals surface area contributed by atoms with E-state index in [9.17, 15) is 9.59 Å². The Bertz CT molecular complexity index is 648. The van der Waals surface area contributed by atoms with Gasteiger partial charge in [-0.05, 0) is 24.3 Å². The van der Waals surface area contributed by atoms with Gasteiger partial charge in [-0.3, -0.25) is 14.3 Å². The summed E-state index contributed by atoms with van der Waals surface area (Å²) in [5, 5.41) is 9.35. The number of aromatic nitrogens is 2. The molecule has 2 amide bonds. The maximum Gasteiger partial charge on any atom is 0.246 e. The van der Waals surface area contributed by atoms with Gasteiger partial charge < -0.3 is 16.4 Å². The lowest BCUT2D eigenvalue weighted by Gasteiger charge is -2.11. The van der Waals surface area contributed by atoms with Crippen LogP contribution < -0.4 is 16.4 Å². The van der Waals surface area contributed by atoms with E-state index in [4.69, 9.17) is 5.73 Å². The molecular formula is C14H17N5O2. The molecule has 0 saturated carbocycles. The summed E-state index contributed by atoms with van der Waals surface area (Å²) in [6.45, 7) is 1.43. The second-order valence-corrected chi connectivity index (χ2v) is 4.67. The smallest absolute Gasteiger partial charge is 0.246 e. The molecule has 110 valence electrons. The van der Waals surface area contributed by atoms with Crippen LogP contribution in [0, 0.1) is 0 Å². The van der Waals surface area contributed by atoms with E-state index in [0.717, 1.165) is 0 Å². The minimum Gasteiger partial charge on any atom is -0.326 e. The molecule has 2 rings (SSSR count). The Balaban J connectivity index is 2.00. The van der Waals surface area contributed by atoms with Crippen LogP contribution >= 0.6 is 0 Å². The van der Waals surface area contributed by atoms with E-state index < -0.39 is 6.04 Å². The van der Waals surface area contributed by atoms with E-state index in [1.165, 1.54) is 6.92 Å². The van der Waals surface area contributed by atoms with Crippen LogP contribution in [0.4, 0.5) is 11.4 Å². The molecule has 1 unspecified atom stereocenters. The number of carbonyl (C=O) groups is 2. The lowest BCUT2D eigenvalue weighted by molar-refractivity contribution is -0.117. The minimum absolute atomic E-state index is 0.148. The number of rotatable bonds is 4. The van der Waals surface area contributed by atoms with Crippen LogP contribution in [0.25, 0.3) is 0 Å². The predicted octanol–water partition coefficient (Wildman–Crippen LogP) is 1.02. The van der Waals surface area contributed by atoms with Crippen LogP contribution in [-0.2, 0) is 16.6 Å². The summed E-state index contributed by atoms with van der Waals surface area (Å²) in [6.07, 6.45) is 3.26. The zero-order chi connectivity index (χ0) is 15.4. The maximum absolute atomic E-state index is 12.0. The number of carbonyl (C=O) groups excluding carboxylic acids is 2. The van der Waals surface area contributed by atoms with Gasteiger partial charge in [0.2, 0.25) is 11.8 Å². The maximum atomic E-state index is 12.0. The van der Waals surface area contributed by atoms with Crippen molar-refractivity contribution in [2.45, 2.75) is 13.0 Å². The largest absolute Gasteiger partial charge is 0.326 e. The molecule has 0 bridgehead atoms. The normalized spacial score (nSPS) is 11.8. The van der Waals surface area contributed by atoms with Crippen molar-refractivity contribution in [3.63, 3.8) is 0 Å². The molecule has 1 atom stereocenters. The fourth-order valence-corrected chi connectivity index (χ4v) is 1.81. The van der Waals surface area contributed by atoms with E-state index in [2.05, 4.69) is 15.7 Å². The molecule has 2 aromatic rings. The Hall–Kier alpha value is -2.67. The second kappa shape index (κ2) is 6.19. The van der Waals surface area contributed by atoms with Crippen molar-refractivity contribution < 1.29 is 9.59 Å². The Morgan fingerprint density at radius 3 is 2.24 bits per heavy atom. The Morgan fingerprint density at radius 1 is 1.19 bits per heavy atom. The number of hydrogen-bond acceptors (Lipinski definition) is 4. The van der Waals surface area contributed by atoms with Crippen LogP contribution in [0.5, 0.6) is 0 Å². The summed E-state index contributed by atoms with van der Waals surface area (Å²) in [7, 11) is 1.76. The summed E-state index contributed by atoms with van der Waals surface area (Å²) in [4.78, 5) is 23.0. The number of aryl methyl sites for hydroxylation is 1. The highest BCUT2D eigenvalue weighted by Crippen LogP contribution is 2.16. The Labute approximate surface area is 122 Å². The molecule has 7 heteroatoms. The van der Waals surface area contributed by atoms with E-state index >= 15 is 0 Å². The minimum atomic E-state index is -0.784. The number of nitrogens with one attached hydrogen (secondary N) is 2. The topological polar surface area (TPSA) is 102 Å². The molecule has 1 aromatic heterocycles. The number of anilines is 2. The van der Waals surface area contributed by atoms with Crippen molar-refractivity contribution >= 4 is 23.2 Å². The number of amides is 2. The monoisotopic (exact) mass is 287 g/mol. The molecule has 0 radical (unpaired) electrons. The van der Waals surface area contributed by atoms with E-state index in [-0.39, 0.29) is 11.8 Å². The van der Waals surface area contributed by atoms with Gasteiger partial charge >= 0.3 is 0 Å². The van der Waals surface area contributed by atoms with Crippen molar-refractivity contribution in [1.29, 1.82) is 0 Å². The highest BCUT2D eigenvalue weighted by atomic mass is 16.2. The number of nitrogens with zero attached hydrogens (tertiary/aromatic N) is 2. The van der Waals surface area contributed by atoms with Crippen molar-refractivity contribution in [2.75, 3.05) is 10.6 Å². The average Bonchev–Trinajstić information content (AvgIpc) is 2.86. The first kappa shape index (κ1) is 14.7. The molecule has 0 aliphatic rings. The van der Waals surface area contributed by atoms with Gasteiger partial charge in [-0.25, -0.2) is 0 Å². The third kappa shape index (κ3) is 3.90. The van der Waals surface area contributed by atoms with Gasteiger partial charge in [-0.15, -0.1) is 0 Å². The summed E-state index contributed by atoms with van der Waals surface area (Å²) in [5.41, 5.74) is 7.79. The van der Waals surface area contributed by atoms with Crippen LogP contribution in [0.2, 0.25) is 0 Å². The van der Waals surface area contributed by atoms with Gasteiger partial charge in [0.25, 0.3) is 0 Å². The van der Waals surface area contributed by atoms with Crippen LogP contribution in [-0.4, -0.2) is 21.6 Å². The standard InChI is InChI=1S/C14H17N5O2/c1-9(20)17-11-3-5-12(6-4-11)18-14(21)13(15)10-7-16-19(2)8-10/h3-8,13H,15H2,1-2H3,(H,17,20)(H,18,21). The van der Waals surface area contributed by atoms with Crippen molar-refractivity contribution in [3.8, 4) is 0 Å². The second-order valence-electron chi connectivity index (χ2n) is 4.67. The van der Waals surface area contributed by atoms with Gasteiger partial charge in [-0.2, -0.15) is 5.10 Å². The first-order chi connectivity index (χ1) is 9.95. The molecule has 21 heavy (non-hydrogen) atoms. The number of benzene rings is 1. The van der Waals surface area contributed by atoms with Crippen molar-refractivity contribution in [2.24, 2.45) is 12.8 Å². The summed E-state index contributed by atoms with van der Waals surface area (Å²) < 4.78 is 1.59. The van der Waals surface area contributed by atoms with Crippen LogP contribution in [0.1, 0.15) is 18.5 Å². The van der Waals surface area contributed by atoms with Gasteiger partial charge in [-0.1, -0.05) is 0 Å². The molecule has 0 spiro atoms. The first-order valence-electron chi connectivity index (χ1n) is 6.38. The third-order valence-electron chi connectivity index (χ3n) is 2.84. The van der Waals surface area contributed by atoms with E-state index in [0.29, 0.717) is 16.9 Å². The van der Waals surface area contributed by atoms with Gasteiger partial charge in [0.15, 0.2) is 0 Å². The quantitative estimate of drug-likeness (QED) is 0.781. The molecule has 7 nitrogen and oxygen atoms in total. The molecule has 1 aromatic carbocycles. The Morgan fingerprint density at radius 2 is 1.76 bits per heavy atom. The molecule has 0 aliphatic heterocycles. The zero-order valence-corrected chi connectivity index (χ0v) is 11.8. The lowest BCUT2D eigenvalue weighted by atomic mass is 10.1. The van der Waals surface area contributed by atoms with Gasteiger partial charge in [0.1, 0.15) is 6.04 Å². The van der Waals surface area contributed by atoms with Crippen LogP contribution in [0.3, 0.4) is 0 Å². The number of hydrogen-bond donors (Lipinski definition) is 3. The average molecular weight is 287 g/mol. The summed E-state index contributed by atoms with van der Waals surface area (Å²) in [5.74, 6) is -0.472. The van der Waals surface area contributed by atoms with Gasteiger partial charge in [0, 0.05) is 37.1 Å². The lowest BCUT2D eigenvalue weighted by Crippen LogP contribution is -2.27. The molecular weight excluding hydrogens is 270 g/mol. The third-order valence-corrected chi connectivity index (χ3v) is 2.84.